The minimum absolute atomic E-state index is 0.0561. The van der Waals surface area contributed by atoms with Crippen molar-refractivity contribution < 1.29 is 34.7 Å². The van der Waals surface area contributed by atoms with Crippen molar-refractivity contribution in [3.05, 3.63) is 0 Å². The highest BCUT2D eigenvalue weighted by Gasteiger charge is 2.82. The highest BCUT2D eigenvalue weighted by Crippen LogP contribution is 2.74. The monoisotopic (exact) mass is 382 g/mol. The summed E-state index contributed by atoms with van der Waals surface area (Å²) in [7, 11) is 0. The fourth-order valence-corrected chi connectivity index (χ4v) is 8.16. The van der Waals surface area contributed by atoms with Gasteiger partial charge in [-0.2, -0.15) is 0 Å². The van der Waals surface area contributed by atoms with Crippen LogP contribution >= 0.6 is 0 Å². The average molecular weight is 382 g/mol. The summed E-state index contributed by atoms with van der Waals surface area (Å²) < 4.78 is 11.7. The SMILES string of the molecule is CC1CC(O)C(O)C2(C)C1CC1OC(=O)CC3C(C)C(O)C4(O)OCC13C42. The van der Waals surface area contributed by atoms with Crippen molar-refractivity contribution in [1.82, 2.24) is 0 Å². The van der Waals surface area contributed by atoms with Crippen LogP contribution in [0.5, 0.6) is 0 Å². The van der Waals surface area contributed by atoms with Gasteiger partial charge in [0, 0.05) is 23.2 Å². The number of aliphatic hydroxyl groups is 4. The molecular formula is C20H30O7. The van der Waals surface area contributed by atoms with E-state index in [-0.39, 0.29) is 42.7 Å². The first-order chi connectivity index (χ1) is 12.6. The molecule has 2 saturated heterocycles. The number of carbonyl (C=O) groups is 1. The summed E-state index contributed by atoms with van der Waals surface area (Å²) in [5.74, 6) is -3.18. The molecule has 12 unspecified atom stereocenters. The molecule has 0 aromatic heterocycles. The van der Waals surface area contributed by atoms with Crippen LogP contribution in [0.3, 0.4) is 0 Å². The van der Waals surface area contributed by atoms with Gasteiger partial charge < -0.3 is 29.9 Å². The second-order valence-corrected chi connectivity index (χ2v) is 10.1. The molecule has 1 spiro atoms. The van der Waals surface area contributed by atoms with Gasteiger partial charge in [-0.15, -0.1) is 0 Å². The van der Waals surface area contributed by atoms with Gasteiger partial charge in [0.05, 0.1) is 18.8 Å². The van der Waals surface area contributed by atoms with Gasteiger partial charge in [-0.3, -0.25) is 4.79 Å². The van der Waals surface area contributed by atoms with Crippen LogP contribution in [0, 0.1) is 40.4 Å². The predicted octanol–water partition coefficient (Wildman–Crippen LogP) is 0.0379. The third-order valence-corrected chi connectivity index (χ3v) is 9.20. The van der Waals surface area contributed by atoms with Gasteiger partial charge in [-0.05, 0) is 36.5 Å². The summed E-state index contributed by atoms with van der Waals surface area (Å²) in [4.78, 5) is 12.4. The standard InChI is InChI=1S/C20H30O7/c1-8-4-12(21)16(24)18(3)10(8)5-13-19-7-26-20(25,17(18)19)15(23)9(2)11(19)6-14(22)27-13/h8-13,15-17,21,23-25H,4-7H2,1-3H3. The Kier molecular flexibility index (Phi) is 3.56. The van der Waals surface area contributed by atoms with Gasteiger partial charge in [0.25, 0.3) is 0 Å². The largest absolute Gasteiger partial charge is 0.462 e. The Balaban J connectivity index is 1.74. The minimum Gasteiger partial charge on any atom is -0.462 e. The third-order valence-electron chi connectivity index (χ3n) is 9.20. The molecule has 4 N–H and O–H groups in total. The van der Waals surface area contributed by atoms with Crippen LogP contribution < -0.4 is 0 Å². The number of esters is 1. The predicted molar refractivity (Wildman–Crippen MR) is 92.0 cm³/mol. The van der Waals surface area contributed by atoms with E-state index in [1.165, 1.54) is 0 Å². The number of ether oxygens (including phenoxy) is 2. The second kappa shape index (κ2) is 5.25. The average Bonchev–Trinajstić information content (AvgIpc) is 2.90. The molecule has 2 bridgehead atoms. The first-order valence-corrected chi connectivity index (χ1v) is 10.2. The number of rotatable bonds is 0. The van der Waals surface area contributed by atoms with Crippen LogP contribution in [0.2, 0.25) is 0 Å². The fourth-order valence-electron chi connectivity index (χ4n) is 8.16. The first kappa shape index (κ1) is 18.3. The maximum Gasteiger partial charge on any atom is 0.306 e. The van der Waals surface area contributed by atoms with Crippen molar-refractivity contribution in [2.24, 2.45) is 40.4 Å². The van der Waals surface area contributed by atoms with E-state index in [1.807, 2.05) is 20.8 Å². The number of hydrogen-bond donors (Lipinski definition) is 4. The molecule has 3 aliphatic carbocycles. The summed E-state index contributed by atoms with van der Waals surface area (Å²) in [6.07, 6.45) is -2.26. The summed E-state index contributed by atoms with van der Waals surface area (Å²) in [5.41, 5.74) is -1.49. The molecule has 27 heavy (non-hydrogen) atoms. The molecule has 2 heterocycles. The maximum atomic E-state index is 12.4. The highest BCUT2D eigenvalue weighted by atomic mass is 16.6. The van der Waals surface area contributed by atoms with Crippen molar-refractivity contribution in [3.8, 4) is 0 Å². The Hall–Kier alpha value is -0.730. The van der Waals surface area contributed by atoms with Gasteiger partial charge in [0.15, 0.2) is 5.79 Å². The van der Waals surface area contributed by atoms with E-state index in [9.17, 15) is 25.2 Å². The number of fused-ring (bicyclic) bond motifs is 1. The summed E-state index contributed by atoms with van der Waals surface area (Å²) in [6.45, 7) is 6.00. The second-order valence-electron chi connectivity index (χ2n) is 10.1. The van der Waals surface area contributed by atoms with Crippen molar-refractivity contribution >= 4 is 5.97 Å². The minimum atomic E-state index is -1.82. The van der Waals surface area contributed by atoms with E-state index in [4.69, 9.17) is 9.47 Å². The zero-order valence-electron chi connectivity index (χ0n) is 16.0. The number of carbonyl (C=O) groups excluding carboxylic acids is 1. The van der Waals surface area contributed by atoms with Crippen molar-refractivity contribution in [2.75, 3.05) is 6.61 Å². The molecule has 152 valence electrons. The molecule has 3 saturated carbocycles. The van der Waals surface area contributed by atoms with Gasteiger partial charge in [0.1, 0.15) is 12.2 Å². The molecule has 7 nitrogen and oxygen atoms in total. The fraction of sp³-hybridized carbons (Fsp3) is 0.950. The molecule has 0 amide bonds. The molecular weight excluding hydrogens is 352 g/mol. The molecule has 5 fully saturated rings. The number of aliphatic hydroxyl groups excluding tert-OH is 3. The quantitative estimate of drug-likeness (QED) is 0.437. The molecule has 5 aliphatic rings. The molecule has 5 rings (SSSR count). The van der Waals surface area contributed by atoms with Crippen LogP contribution in [-0.2, 0) is 14.3 Å². The Morgan fingerprint density at radius 1 is 1.07 bits per heavy atom. The van der Waals surface area contributed by atoms with Crippen molar-refractivity contribution in [1.29, 1.82) is 0 Å². The Morgan fingerprint density at radius 2 is 1.78 bits per heavy atom. The van der Waals surface area contributed by atoms with Crippen LogP contribution in [0.25, 0.3) is 0 Å². The van der Waals surface area contributed by atoms with E-state index in [0.29, 0.717) is 12.8 Å². The van der Waals surface area contributed by atoms with E-state index in [0.717, 1.165) is 0 Å². The smallest absolute Gasteiger partial charge is 0.306 e. The van der Waals surface area contributed by atoms with E-state index in [1.54, 1.807) is 0 Å². The van der Waals surface area contributed by atoms with E-state index in [2.05, 4.69) is 0 Å². The number of hydrogen-bond acceptors (Lipinski definition) is 7. The van der Waals surface area contributed by atoms with Crippen LogP contribution in [0.1, 0.15) is 40.0 Å². The summed E-state index contributed by atoms with van der Waals surface area (Å²) in [5, 5.41) is 44.3. The molecule has 2 aliphatic heterocycles. The van der Waals surface area contributed by atoms with E-state index < -0.39 is 47.0 Å². The van der Waals surface area contributed by atoms with Crippen LogP contribution in [0.4, 0.5) is 0 Å². The molecule has 7 heteroatoms. The zero-order valence-corrected chi connectivity index (χ0v) is 16.0. The normalized spacial score (nSPS) is 64.6. The molecule has 0 aromatic carbocycles. The van der Waals surface area contributed by atoms with Crippen LogP contribution in [0.15, 0.2) is 0 Å². The lowest BCUT2D eigenvalue weighted by Crippen LogP contribution is -2.76. The van der Waals surface area contributed by atoms with E-state index >= 15 is 0 Å². The van der Waals surface area contributed by atoms with Crippen molar-refractivity contribution in [2.45, 2.75) is 70.2 Å². The maximum absolute atomic E-state index is 12.4. The van der Waals surface area contributed by atoms with Crippen molar-refractivity contribution in [3.63, 3.8) is 0 Å². The van der Waals surface area contributed by atoms with Gasteiger partial charge in [-0.1, -0.05) is 20.8 Å². The molecule has 12 atom stereocenters. The molecule has 0 aromatic rings. The highest BCUT2D eigenvalue weighted by molar-refractivity contribution is 5.71. The van der Waals surface area contributed by atoms with Gasteiger partial charge in [-0.25, -0.2) is 0 Å². The zero-order chi connectivity index (χ0) is 19.5. The van der Waals surface area contributed by atoms with Gasteiger partial charge in [0.2, 0.25) is 0 Å². The Labute approximate surface area is 158 Å². The Bertz CT molecular complexity index is 683. The third kappa shape index (κ3) is 1.84. The lowest BCUT2D eigenvalue weighted by Gasteiger charge is -2.69. The lowest BCUT2D eigenvalue weighted by atomic mass is 9.37. The Morgan fingerprint density at radius 3 is 2.48 bits per heavy atom. The summed E-state index contributed by atoms with van der Waals surface area (Å²) in [6, 6.07) is 0. The topological polar surface area (TPSA) is 116 Å². The summed E-state index contributed by atoms with van der Waals surface area (Å²) >= 11 is 0. The molecule has 0 radical (unpaired) electrons. The van der Waals surface area contributed by atoms with Crippen LogP contribution in [-0.4, -0.2) is 63.2 Å². The first-order valence-electron chi connectivity index (χ1n) is 10.2. The lowest BCUT2D eigenvalue weighted by molar-refractivity contribution is -0.348. The van der Waals surface area contributed by atoms with Gasteiger partial charge >= 0.3 is 5.97 Å².